The summed E-state index contributed by atoms with van der Waals surface area (Å²) >= 11 is 0. The predicted octanol–water partition coefficient (Wildman–Crippen LogP) is 3.82. The molecule has 2 N–H and O–H groups in total. The minimum Gasteiger partial charge on any atom is -0.462 e. The predicted molar refractivity (Wildman–Crippen MR) is 133 cm³/mol. The maximum Gasteiger partial charge on any atom is 0.338 e. The first-order valence-corrected chi connectivity index (χ1v) is 11.2. The van der Waals surface area contributed by atoms with Gasteiger partial charge in [0.05, 0.1) is 17.7 Å². The molecule has 0 saturated carbocycles. The Bertz CT molecular complexity index is 1320. The van der Waals surface area contributed by atoms with E-state index in [1.807, 2.05) is 19.0 Å². The van der Waals surface area contributed by atoms with Crippen LogP contribution in [0.25, 0.3) is 10.8 Å². The number of hydrogen-bond donors (Lipinski definition) is 2. The molecule has 0 aliphatic carbocycles. The Hall–Kier alpha value is -4.24. The molecule has 0 atom stereocenters. The molecule has 9 heteroatoms. The van der Waals surface area contributed by atoms with Crippen LogP contribution >= 0.6 is 0 Å². The number of urea groups is 1. The molecule has 0 fully saturated rings. The van der Waals surface area contributed by atoms with Crippen molar-refractivity contribution in [1.82, 2.24) is 9.80 Å². The summed E-state index contributed by atoms with van der Waals surface area (Å²) in [5.74, 6) is -1.14. The number of benzene rings is 3. The number of carbonyl (C=O) groups is 4. The number of esters is 1. The van der Waals surface area contributed by atoms with Crippen molar-refractivity contribution in [2.24, 2.45) is 0 Å². The molecule has 0 aromatic heterocycles. The van der Waals surface area contributed by atoms with E-state index in [2.05, 4.69) is 10.6 Å². The van der Waals surface area contributed by atoms with Gasteiger partial charge < -0.3 is 20.3 Å². The Morgan fingerprint density at radius 1 is 0.914 bits per heavy atom. The lowest BCUT2D eigenvalue weighted by molar-refractivity contribution is 0.0524. The van der Waals surface area contributed by atoms with Crippen molar-refractivity contribution in [2.75, 3.05) is 44.4 Å². The van der Waals surface area contributed by atoms with E-state index in [-0.39, 0.29) is 25.0 Å². The molecule has 1 heterocycles. The Morgan fingerprint density at radius 3 is 2.29 bits per heavy atom. The Morgan fingerprint density at radius 2 is 1.60 bits per heavy atom. The van der Waals surface area contributed by atoms with Gasteiger partial charge in [-0.25, -0.2) is 9.59 Å². The number of imide groups is 1. The molecular weight excluding hydrogens is 448 g/mol. The lowest BCUT2D eigenvalue weighted by atomic mass is 9.93. The second-order valence-corrected chi connectivity index (χ2v) is 8.37. The molecule has 4 rings (SSSR count). The topological polar surface area (TPSA) is 108 Å². The van der Waals surface area contributed by atoms with Gasteiger partial charge in [0.1, 0.15) is 0 Å². The first-order valence-electron chi connectivity index (χ1n) is 11.2. The van der Waals surface area contributed by atoms with Crippen LogP contribution in [0.2, 0.25) is 0 Å². The molecule has 35 heavy (non-hydrogen) atoms. The maximum atomic E-state index is 13.2. The molecule has 0 saturated heterocycles. The summed E-state index contributed by atoms with van der Waals surface area (Å²) < 4.78 is 4.95. The van der Waals surface area contributed by atoms with Gasteiger partial charge in [0, 0.05) is 35.4 Å². The number of rotatable bonds is 7. The summed E-state index contributed by atoms with van der Waals surface area (Å²) in [5, 5.41) is 6.72. The summed E-state index contributed by atoms with van der Waals surface area (Å²) in [6.45, 7) is 2.81. The smallest absolute Gasteiger partial charge is 0.338 e. The van der Waals surface area contributed by atoms with Crippen LogP contribution in [0, 0.1) is 0 Å². The largest absolute Gasteiger partial charge is 0.462 e. The van der Waals surface area contributed by atoms with Crippen LogP contribution in [0.5, 0.6) is 0 Å². The fraction of sp³-hybridized carbons (Fsp3) is 0.231. The molecule has 0 radical (unpaired) electrons. The van der Waals surface area contributed by atoms with Gasteiger partial charge in [-0.2, -0.15) is 0 Å². The molecule has 0 bridgehead atoms. The molecule has 0 spiro atoms. The number of amides is 4. The number of nitrogens with one attached hydrogen (secondary N) is 2. The van der Waals surface area contributed by atoms with E-state index in [1.54, 1.807) is 61.5 Å². The molecule has 3 aromatic carbocycles. The summed E-state index contributed by atoms with van der Waals surface area (Å²) in [7, 11) is 3.75. The first-order chi connectivity index (χ1) is 16.8. The number of carbonyl (C=O) groups excluding carboxylic acids is 4. The van der Waals surface area contributed by atoms with Gasteiger partial charge in [0.15, 0.2) is 0 Å². The van der Waals surface area contributed by atoms with Gasteiger partial charge >= 0.3 is 12.0 Å². The average Bonchev–Trinajstić information content (AvgIpc) is 2.82. The fourth-order valence-electron chi connectivity index (χ4n) is 3.93. The zero-order valence-electron chi connectivity index (χ0n) is 19.8. The SMILES string of the molecule is CCOC(=O)c1ccc(NC(=O)Nc2cc3c4c(cccc4c2)C(=O)N(CCN(C)C)C3=O)cc1. The highest BCUT2D eigenvalue weighted by molar-refractivity contribution is 6.26. The average molecular weight is 475 g/mol. The Kier molecular flexibility index (Phi) is 6.79. The molecule has 0 unspecified atom stereocenters. The van der Waals surface area contributed by atoms with Crippen LogP contribution in [0.4, 0.5) is 16.2 Å². The molecule has 180 valence electrons. The van der Waals surface area contributed by atoms with Crippen molar-refractivity contribution in [3.05, 3.63) is 71.3 Å². The van der Waals surface area contributed by atoms with E-state index in [0.29, 0.717) is 45.4 Å². The Labute approximate surface area is 202 Å². The van der Waals surface area contributed by atoms with Crippen molar-refractivity contribution < 1.29 is 23.9 Å². The van der Waals surface area contributed by atoms with Crippen LogP contribution in [-0.2, 0) is 4.74 Å². The van der Waals surface area contributed by atoms with Crippen molar-refractivity contribution in [3.8, 4) is 0 Å². The molecule has 1 aliphatic rings. The van der Waals surface area contributed by atoms with E-state index >= 15 is 0 Å². The van der Waals surface area contributed by atoms with E-state index in [1.165, 1.54) is 4.90 Å². The zero-order chi connectivity index (χ0) is 25.1. The number of nitrogens with zero attached hydrogens (tertiary/aromatic N) is 2. The molecule has 4 amide bonds. The van der Waals surface area contributed by atoms with Crippen molar-refractivity contribution in [1.29, 1.82) is 0 Å². The van der Waals surface area contributed by atoms with E-state index in [9.17, 15) is 19.2 Å². The third kappa shape index (κ3) is 4.99. The lowest BCUT2D eigenvalue weighted by Crippen LogP contribution is -2.43. The highest BCUT2D eigenvalue weighted by Crippen LogP contribution is 2.32. The van der Waals surface area contributed by atoms with Crippen molar-refractivity contribution >= 4 is 46.0 Å². The van der Waals surface area contributed by atoms with Crippen LogP contribution in [-0.4, -0.2) is 67.4 Å². The summed E-state index contributed by atoms with van der Waals surface area (Å²) in [6.07, 6.45) is 0. The highest BCUT2D eigenvalue weighted by Gasteiger charge is 2.33. The second kappa shape index (κ2) is 9.94. The van der Waals surface area contributed by atoms with Crippen LogP contribution in [0.15, 0.2) is 54.6 Å². The molecule has 9 nitrogen and oxygen atoms in total. The second-order valence-electron chi connectivity index (χ2n) is 8.37. The van der Waals surface area contributed by atoms with Crippen LogP contribution in [0.1, 0.15) is 38.0 Å². The summed E-state index contributed by atoms with van der Waals surface area (Å²) in [5.41, 5.74) is 2.12. The van der Waals surface area contributed by atoms with Gasteiger partial charge in [-0.05, 0) is 68.9 Å². The fourth-order valence-corrected chi connectivity index (χ4v) is 3.93. The van der Waals surface area contributed by atoms with E-state index in [0.717, 1.165) is 0 Å². The van der Waals surface area contributed by atoms with E-state index in [4.69, 9.17) is 4.74 Å². The summed E-state index contributed by atoms with van der Waals surface area (Å²) in [4.78, 5) is 53.7. The third-order valence-corrected chi connectivity index (χ3v) is 5.61. The monoisotopic (exact) mass is 474 g/mol. The van der Waals surface area contributed by atoms with Gasteiger partial charge in [-0.15, -0.1) is 0 Å². The quantitative estimate of drug-likeness (QED) is 0.398. The van der Waals surface area contributed by atoms with E-state index < -0.39 is 12.0 Å². The Balaban J connectivity index is 1.56. The van der Waals surface area contributed by atoms with Gasteiger partial charge in [-0.3, -0.25) is 14.5 Å². The summed E-state index contributed by atoms with van der Waals surface area (Å²) in [6, 6.07) is 14.4. The number of likely N-dealkylation sites (N-methyl/N-ethyl adjacent to an activating group) is 1. The van der Waals surface area contributed by atoms with Crippen LogP contribution in [0.3, 0.4) is 0 Å². The normalized spacial score (nSPS) is 12.7. The molecule has 1 aliphatic heterocycles. The number of ether oxygens (including phenoxy) is 1. The zero-order valence-corrected chi connectivity index (χ0v) is 19.8. The van der Waals surface area contributed by atoms with Gasteiger partial charge in [-0.1, -0.05) is 12.1 Å². The van der Waals surface area contributed by atoms with Crippen LogP contribution < -0.4 is 10.6 Å². The number of hydrogen-bond acceptors (Lipinski definition) is 6. The molecule has 3 aromatic rings. The minimum absolute atomic E-state index is 0.264. The molecular formula is C26H26N4O5. The first kappa shape index (κ1) is 23.9. The standard InChI is InChI=1S/C26H26N4O5/c1-4-35-25(33)16-8-10-18(11-9-16)27-26(34)28-19-14-17-6-5-7-20-22(17)21(15-19)24(32)30(23(20)31)13-12-29(2)3/h5-11,14-15H,4,12-13H2,1-3H3,(H2,27,28,34). The lowest BCUT2D eigenvalue weighted by Gasteiger charge is -2.28. The third-order valence-electron chi connectivity index (χ3n) is 5.61. The number of anilines is 2. The maximum absolute atomic E-state index is 13.2. The van der Waals surface area contributed by atoms with Crippen molar-refractivity contribution in [2.45, 2.75) is 6.92 Å². The minimum atomic E-state index is -0.514. The highest BCUT2D eigenvalue weighted by atomic mass is 16.5. The van der Waals surface area contributed by atoms with Crippen molar-refractivity contribution in [3.63, 3.8) is 0 Å². The van der Waals surface area contributed by atoms with Gasteiger partial charge in [0.25, 0.3) is 11.8 Å². The van der Waals surface area contributed by atoms with Gasteiger partial charge in [0.2, 0.25) is 0 Å².